The van der Waals surface area contributed by atoms with Gasteiger partial charge in [0.2, 0.25) is 5.91 Å². The van der Waals surface area contributed by atoms with Gasteiger partial charge in [0.15, 0.2) is 0 Å². The molecule has 0 atom stereocenters. The third kappa shape index (κ3) is 3.48. The zero-order valence-electron chi connectivity index (χ0n) is 13.3. The van der Waals surface area contributed by atoms with Gasteiger partial charge in [-0.25, -0.2) is 0 Å². The number of hydrogen-bond acceptors (Lipinski definition) is 3. The standard InChI is InChI=1S/C19H19N3O/c1-13-8-9-16(11-14(13)2)21-12-18(23)22-17-7-3-5-15-6-4-10-20-19(15)17/h3-11,21H,12H2,1-2H3,(H,22,23). The van der Waals surface area contributed by atoms with Crippen molar-refractivity contribution >= 4 is 28.2 Å². The molecule has 0 radical (unpaired) electrons. The molecule has 0 fully saturated rings. The average molecular weight is 305 g/mol. The molecule has 0 aliphatic heterocycles. The molecule has 0 saturated carbocycles. The fraction of sp³-hybridized carbons (Fsp3) is 0.158. The largest absolute Gasteiger partial charge is 0.376 e. The second-order valence-electron chi connectivity index (χ2n) is 5.58. The number of aromatic nitrogens is 1. The first kappa shape index (κ1) is 15.0. The summed E-state index contributed by atoms with van der Waals surface area (Å²) in [5.74, 6) is -0.0959. The highest BCUT2D eigenvalue weighted by atomic mass is 16.1. The zero-order valence-corrected chi connectivity index (χ0v) is 13.3. The van der Waals surface area contributed by atoms with Crippen LogP contribution in [0.25, 0.3) is 10.9 Å². The van der Waals surface area contributed by atoms with Crippen LogP contribution in [0.3, 0.4) is 0 Å². The quantitative estimate of drug-likeness (QED) is 0.768. The van der Waals surface area contributed by atoms with Gasteiger partial charge in [0.1, 0.15) is 0 Å². The van der Waals surface area contributed by atoms with Crippen molar-refractivity contribution in [3.8, 4) is 0 Å². The van der Waals surface area contributed by atoms with Gasteiger partial charge < -0.3 is 10.6 Å². The molecule has 3 aromatic rings. The van der Waals surface area contributed by atoms with Gasteiger partial charge in [0.25, 0.3) is 0 Å². The average Bonchev–Trinajstić information content (AvgIpc) is 2.56. The molecule has 0 unspecified atom stereocenters. The third-order valence-corrected chi connectivity index (χ3v) is 3.87. The molecule has 116 valence electrons. The monoisotopic (exact) mass is 305 g/mol. The summed E-state index contributed by atoms with van der Waals surface area (Å²) in [5, 5.41) is 7.07. The summed E-state index contributed by atoms with van der Waals surface area (Å²) < 4.78 is 0. The molecule has 0 spiro atoms. The van der Waals surface area contributed by atoms with Gasteiger partial charge in [0, 0.05) is 17.3 Å². The van der Waals surface area contributed by atoms with Crippen LogP contribution in [-0.2, 0) is 4.79 Å². The van der Waals surface area contributed by atoms with E-state index in [0.29, 0.717) is 0 Å². The number of amides is 1. The van der Waals surface area contributed by atoms with E-state index in [9.17, 15) is 4.79 Å². The Morgan fingerprint density at radius 1 is 1.04 bits per heavy atom. The molecule has 1 aromatic heterocycles. The predicted octanol–water partition coefficient (Wildman–Crippen LogP) is 3.90. The van der Waals surface area contributed by atoms with Crippen molar-refractivity contribution in [3.63, 3.8) is 0 Å². The number of anilines is 2. The molecule has 1 heterocycles. The zero-order chi connectivity index (χ0) is 16.2. The Hall–Kier alpha value is -2.88. The van der Waals surface area contributed by atoms with Crippen molar-refractivity contribution in [1.82, 2.24) is 4.98 Å². The first-order valence-corrected chi connectivity index (χ1v) is 7.58. The van der Waals surface area contributed by atoms with Crippen LogP contribution in [-0.4, -0.2) is 17.4 Å². The van der Waals surface area contributed by atoms with Gasteiger partial charge in [-0.3, -0.25) is 9.78 Å². The van der Waals surface area contributed by atoms with E-state index in [0.717, 1.165) is 22.3 Å². The summed E-state index contributed by atoms with van der Waals surface area (Å²) in [6.07, 6.45) is 1.73. The molecular weight excluding hydrogens is 286 g/mol. The number of rotatable bonds is 4. The van der Waals surface area contributed by atoms with Crippen LogP contribution < -0.4 is 10.6 Å². The molecule has 2 aromatic carbocycles. The summed E-state index contributed by atoms with van der Waals surface area (Å²) in [6.45, 7) is 4.34. The van der Waals surface area contributed by atoms with Crippen molar-refractivity contribution in [1.29, 1.82) is 0 Å². The van der Waals surface area contributed by atoms with E-state index in [4.69, 9.17) is 0 Å². The number of nitrogens with zero attached hydrogens (tertiary/aromatic N) is 1. The number of aryl methyl sites for hydroxylation is 2. The van der Waals surface area contributed by atoms with Gasteiger partial charge in [-0.15, -0.1) is 0 Å². The lowest BCUT2D eigenvalue weighted by atomic mass is 10.1. The molecule has 4 heteroatoms. The van der Waals surface area contributed by atoms with Gasteiger partial charge in [-0.2, -0.15) is 0 Å². The minimum atomic E-state index is -0.0959. The van der Waals surface area contributed by atoms with E-state index in [2.05, 4.69) is 29.5 Å². The summed E-state index contributed by atoms with van der Waals surface area (Å²) in [7, 11) is 0. The van der Waals surface area contributed by atoms with Gasteiger partial charge >= 0.3 is 0 Å². The maximum atomic E-state index is 12.2. The Kier molecular flexibility index (Phi) is 4.24. The Morgan fingerprint density at radius 2 is 1.87 bits per heavy atom. The molecule has 4 nitrogen and oxygen atoms in total. The van der Waals surface area contributed by atoms with E-state index in [1.54, 1.807) is 6.20 Å². The lowest BCUT2D eigenvalue weighted by Gasteiger charge is -2.10. The van der Waals surface area contributed by atoms with Crippen molar-refractivity contribution in [2.45, 2.75) is 13.8 Å². The van der Waals surface area contributed by atoms with Crippen molar-refractivity contribution in [3.05, 3.63) is 65.9 Å². The predicted molar refractivity (Wildman–Crippen MR) is 94.8 cm³/mol. The van der Waals surface area contributed by atoms with Crippen LogP contribution in [0.15, 0.2) is 54.7 Å². The van der Waals surface area contributed by atoms with Crippen molar-refractivity contribution < 1.29 is 4.79 Å². The number of hydrogen-bond donors (Lipinski definition) is 2. The number of fused-ring (bicyclic) bond motifs is 1. The lowest BCUT2D eigenvalue weighted by Crippen LogP contribution is -2.22. The highest BCUT2D eigenvalue weighted by molar-refractivity contribution is 6.01. The number of carbonyl (C=O) groups excluding carboxylic acids is 1. The summed E-state index contributed by atoms with van der Waals surface area (Å²) >= 11 is 0. The molecule has 2 N–H and O–H groups in total. The van der Waals surface area contributed by atoms with E-state index in [1.165, 1.54) is 11.1 Å². The Morgan fingerprint density at radius 3 is 2.70 bits per heavy atom. The topological polar surface area (TPSA) is 54.0 Å². The second kappa shape index (κ2) is 6.48. The molecular formula is C19H19N3O. The maximum Gasteiger partial charge on any atom is 0.243 e. The van der Waals surface area contributed by atoms with Crippen LogP contribution >= 0.6 is 0 Å². The van der Waals surface area contributed by atoms with Crippen LogP contribution in [0.5, 0.6) is 0 Å². The first-order chi connectivity index (χ1) is 11.1. The third-order valence-electron chi connectivity index (χ3n) is 3.87. The van der Waals surface area contributed by atoms with E-state index in [-0.39, 0.29) is 12.5 Å². The van der Waals surface area contributed by atoms with Crippen molar-refractivity contribution in [2.24, 2.45) is 0 Å². The van der Waals surface area contributed by atoms with E-state index in [1.807, 2.05) is 48.5 Å². The highest BCUT2D eigenvalue weighted by Gasteiger charge is 2.06. The lowest BCUT2D eigenvalue weighted by molar-refractivity contribution is -0.114. The molecule has 1 amide bonds. The van der Waals surface area contributed by atoms with Crippen molar-refractivity contribution in [2.75, 3.05) is 17.2 Å². The SMILES string of the molecule is Cc1ccc(NCC(=O)Nc2cccc3cccnc23)cc1C. The molecule has 0 bridgehead atoms. The Balaban J connectivity index is 1.68. The van der Waals surface area contributed by atoms with E-state index >= 15 is 0 Å². The van der Waals surface area contributed by atoms with Crippen LogP contribution in [0.4, 0.5) is 11.4 Å². The smallest absolute Gasteiger partial charge is 0.243 e. The number of para-hydroxylation sites is 1. The number of carbonyl (C=O) groups is 1. The van der Waals surface area contributed by atoms with E-state index < -0.39 is 0 Å². The Labute approximate surface area is 135 Å². The fourth-order valence-electron chi connectivity index (χ4n) is 2.43. The van der Waals surface area contributed by atoms with Gasteiger partial charge in [-0.05, 0) is 49.2 Å². The molecule has 0 aliphatic rings. The second-order valence-corrected chi connectivity index (χ2v) is 5.58. The normalized spacial score (nSPS) is 10.5. The molecule has 0 saturated heterocycles. The van der Waals surface area contributed by atoms with Crippen LogP contribution in [0.2, 0.25) is 0 Å². The molecule has 3 rings (SSSR count). The summed E-state index contributed by atoms with van der Waals surface area (Å²) in [4.78, 5) is 16.5. The highest BCUT2D eigenvalue weighted by Crippen LogP contribution is 2.20. The number of benzene rings is 2. The number of pyridine rings is 1. The summed E-state index contributed by atoms with van der Waals surface area (Å²) in [6, 6.07) is 15.7. The maximum absolute atomic E-state index is 12.2. The van der Waals surface area contributed by atoms with Gasteiger partial charge in [0.05, 0.1) is 17.7 Å². The summed E-state index contributed by atoms with van der Waals surface area (Å²) in [5.41, 5.74) is 4.92. The number of nitrogens with one attached hydrogen (secondary N) is 2. The first-order valence-electron chi connectivity index (χ1n) is 7.58. The Bertz CT molecular complexity index is 853. The van der Waals surface area contributed by atoms with Gasteiger partial charge in [-0.1, -0.05) is 24.3 Å². The molecule has 23 heavy (non-hydrogen) atoms. The molecule has 0 aliphatic carbocycles. The van der Waals surface area contributed by atoms with Crippen LogP contribution in [0, 0.1) is 13.8 Å². The van der Waals surface area contributed by atoms with Crippen LogP contribution in [0.1, 0.15) is 11.1 Å². The minimum absolute atomic E-state index is 0.0959. The fourth-order valence-corrected chi connectivity index (χ4v) is 2.43. The minimum Gasteiger partial charge on any atom is -0.376 e.